The van der Waals surface area contributed by atoms with Gasteiger partial charge < -0.3 is 18.9 Å². The highest BCUT2D eigenvalue weighted by molar-refractivity contribution is 5.93. The van der Waals surface area contributed by atoms with Gasteiger partial charge in [0.05, 0.1) is 28.4 Å². The van der Waals surface area contributed by atoms with Gasteiger partial charge in [0.15, 0.2) is 11.5 Å². The van der Waals surface area contributed by atoms with Crippen molar-refractivity contribution in [1.82, 2.24) is 0 Å². The highest BCUT2D eigenvalue weighted by Crippen LogP contribution is 2.39. The monoisotopic (exact) mass is 225 g/mol. The molecule has 5 heteroatoms. The molecule has 1 radical (unpaired) electrons. The number of rotatable bonds is 4. The van der Waals surface area contributed by atoms with Crippen LogP contribution < -0.4 is 14.2 Å². The molecule has 0 bridgehead atoms. The van der Waals surface area contributed by atoms with Crippen molar-refractivity contribution in [3.8, 4) is 17.2 Å². The van der Waals surface area contributed by atoms with Gasteiger partial charge in [-0.1, -0.05) is 0 Å². The summed E-state index contributed by atoms with van der Waals surface area (Å²) in [6.07, 6.45) is 0. The first kappa shape index (κ1) is 12.2. The quantitative estimate of drug-likeness (QED) is 0.723. The molecule has 0 amide bonds. The van der Waals surface area contributed by atoms with Crippen molar-refractivity contribution in [3.05, 3.63) is 17.7 Å². The van der Waals surface area contributed by atoms with E-state index in [0.29, 0.717) is 11.5 Å². The lowest BCUT2D eigenvalue weighted by Gasteiger charge is -2.13. The second-order valence-electron chi connectivity index (χ2n) is 2.79. The van der Waals surface area contributed by atoms with Gasteiger partial charge in [-0.25, -0.2) is 4.79 Å². The first-order valence-corrected chi connectivity index (χ1v) is 4.48. The smallest absolute Gasteiger partial charge is 0.342 e. The standard InChI is InChI=1S/C11H13O5/c1-13-8-6-5-7(11(12)16-4)9(14-2)10(8)15-3/h6H,1-4H3. The van der Waals surface area contributed by atoms with Crippen LogP contribution in [0.25, 0.3) is 0 Å². The van der Waals surface area contributed by atoms with Gasteiger partial charge in [-0.15, -0.1) is 0 Å². The van der Waals surface area contributed by atoms with Crippen molar-refractivity contribution in [2.24, 2.45) is 0 Å². The van der Waals surface area contributed by atoms with Gasteiger partial charge in [-0.2, -0.15) is 0 Å². The normalized spacial score (nSPS) is 9.50. The van der Waals surface area contributed by atoms with Gasteiger partial charge in [0.1, 0.15) is 5.56 Å². The van der Waals surface area contributed by atoms with Gasteiger partial charge in [-0.3, -0.25) is 0 Å². The molecule has 0 atom stereocenters. The molecule has 0 aliphatic heterocycles. The summed E-state index contributed by atoms with van der Waals surface area (Å²) in [5, 5.41) is 0. The molecule has 0 saturated carbocycles. The Balaban J connectivity index is 3.37. The first-order valence-electron chi connectivity index (χ1n) is 4.48. The van der Waals surface area contributed by atoms with Crippen molar-refractivity contribution < 1.29 is 23.7 Å². The molecule has 0 unspecified atom stereocenters. The highest BCUT2D eigenvalue weighted by atomic mass is 16.5. The van der Waals surface area contributed by atoms with Crippen LogP contribution in [-0.2, 0) is 4.74 Å². The zero-order chi connectivity index (χ0) is 12.1. The number of esters is 1. The third-order valence-corrected chi connectivity index (χ3v) is 2.02. The van der Waals surface area contributed by atoms with Crippen LogP contribution in [0, 0.1) is 6.07 Å². The van der Waals surface area contributed by atoms with Crippen LogP contribution in [0.1, 0.15) is 10.4 Å². The fourth-order valence-corrected chi connectivity index (χ4v) is 1.29. The minimum absolute atomic E-state index is 0.169. The largest absolute Gasteiger partial charge is 0.493 e. The molecular formula is C11H13O5. The Morgan fingerprint density at radius 2 is 1.69 bits per heavy atom. The molecule has 0 aliphatic carbocycles. The van der Waals surface area contributed by atoms with Gasteiger partial charge in [0, 0.05) is 6.07 Å². The molecule has 16 heavy (non-hydrogen) atoms. The fourth-order valence-electron chi connectivity index (χ4n) is 1.29. The van der Waals surface area contributed by atoms with E-state index in [-0.39, 0.29) is 11.3 Å². The van der Waals surface area contributed by atoms with Gasteiger partial charge in [0.25, 0.3) is 0 Å². The van der Waals surface area contributed by atoms with E-state index in [4.69, 9.17) is 14.2 Å². The van der Waals surface area contributed by atoms with Crippen molar-refractivity contribution in [3.63, 3.8) is 0 Å². The summed E-state index contributed by atoms with van der Waals surface area (Å²) in [5.41, 5.74) is 0.169. The maximum Gasteiger partial charge on any atom is 0.342 e. The SMILES string of the molecule is COC(=O)c1[c]cc(OC)c(OC)c1OC. The molecule has 0 heterocycles. The predicted octanol–water partition coefficient (Wildman–Crippen LogP) is 1.30. The predicted molar refractivity (Wildman–Crippen MR) is 56.3 cm³/mol. The van der Waals surface area contributed by atoms with Gasteiger partial charge in [-0.05, 0) is 6.07 Å². The van der Waals surface area contributed by atoms with Crippen molar-refractivity contribution in [2.45, 2.75) is 0 Å². The number of methoxy groups -OCH3 is 4. The summed E-state index contributed by atoms with van der Waals surface area (Å²) in [6.45, 7) is 0. The maximum atomic E-state index is 11.4. The van der Waals surface area contributed by atoms with Crippen molar-refractivity contribution in [2.75, 3.05) is 28.4 Å². The molecule has 0 aromatic heterocycles. The lowest BCUT2D eigenvalue weighted by atomic mass is 10.1. The van der Waals surface area contributed by atoms with E-state index < -0.39 is 5.97 Å². The Morgan fingerprint density at radius 1 is 1.06 bits per heavy atom. The molecule has 87 valence electrons. The van der Waals surface area contributed by atoms with E-state index in [1.54, 1.807) is 0 Å². The average molecular weight is 225 g/mol. The molecule has 1 aromatic carbocycles. The van der Waals surface area contributed by atoms with Crippen molar-refractivity contribution >= 4 is 5.97 Å². The van der Waals surface area contributed by atoms with Gasteiger partial charge in [0.2, 0.25) is 5.75 Å². The Labute approximate surface area is 93.9 Å². The summed E-state index contributed by atoms with van der Waals surface area (Å²) in [6, 6.07) is 4.22. The topological polar surface area (TPSA) is 54.0 Å². The summed E-state index contributed by atoms with van der Waals surface area (Å²) in [7, 11) is 5.66. The minimum Gasteiger partial charge on any atom is -0.493 e. The molecule has 0 fully saturated rings. The minimum atomic E-state index is -0.544. The van der Waals surface area contributed by atoms with Crippen LogP contribution in [0.2, 0.25) is 0 Å². The van der Waals surface area contributed by atoms with Crippen LogP contribution in [0.4, 0.5) is 0 Å². The Kier molecular flexibility index (Phi) is 3.99. The van der Waals surface area contributed by atoms with Crippen LogP contribution >= 0.6 is 0 Å². The van der Waals surface area contributed by atoms with Crippen LogP contribution in [0.15, 0.2) is 6.07 Å². The van der Waals surface area contributed by atoms with Crippen LogP contribution in [0.5, 0.6) is 17.2 Å². The third kappa shape index (κ3) is 2.03. The molecule has 1 aromatic rings. The average Bonchev–Trinajstić information content (AvgIpc) is 2.35. The number of hydrogen-bond donors (Lipinski definition) is 0. The summed E-state index contributed by atoms with van der Waals surface area (Å²) in [4.78, 5) is 11.4. The summed E-state index contributed by atoms with van der Waals surface area (Å²) >= 11 is 0. The summed E-state index contributed by atoms with van der Waals surface area (Å²) < 4.78 is 19.9. The lowest BCUT2D eigenvalue weighted by molar-refractivity contribution is 0.0596. The van der Waals surface area contributed by atoms with E-state index in [1.165, 1.54) is 34.5 Å². The van der Waals surface area contributed by atoms with Crippen molar-refractivity contribution in [1.29, 1.82) is 0 Å². The molecule has 5 nitrogen and oxygen atoms in total. The van der Waals surface area contributed by atoms with Crippen LogP contribution in [0.3, 0.4) is 0 Å². The molecule has 0 saturated heterocycles. The fraction of sp³-hybridized carbons (Fsp3) is 0.364. The second-order valence-corrected chi connectivity index (χ2v) is 2.79. The Hall–Kier alpha value is -1.91. The van der Waals surface area contributed by atoms with E-state index in [9.17, 15) is 4.79 Å². The molecule has 0 N–H and O–H groups in total. The second kappa shape index (κ2) is 5.25. The summed E-state index contributed by atoms with van der Waals surface area (Å²) in [5.74, 6) is 0.475. The van der Waals surface area contributed by atoms with E-state index in [1.807, 2.05) is 0 Å². The zero-order valence-corrected chi connectivity index (χ0v) is 9.62. The first-order chi connectivity index (χ1) is 7.69. The van der Waals surface area contributed by atoms with Crippen LogP contribution in [-0.4, -0.2) is 34.4 Å². The van der Waals surface area contributed by atoms with E-state index in [0.717, 1.165) is 0 Å². The zero-order valence-electron chi connectivity index (χ0n) is 9.62. The molecule has 0 spiro atoms. The number of ether oxygens (including phenoxy) is 4. The number of carbonyl (C=O) groups excluding carboxylic acids is 1. The van der Waals surface area contributed by atoms with E-state index >= 15 is 0 Å². The maximum absolute atomic E-state index is 11.4. The van der Waals surface area contributed by atoms with E-state index in [2.05, 4.69) is 10.8 Å². The lowest BCUT2D eigenvalue weighted by Crippen LogP contribution is -2.06. The Bertz CT molecular complexity index is 386. The third-order valence-electron chi connectivity index (χ3n) is 2.02. The van der Waals surface area contributed by atoms with Gasteiger partial charge >= 0.3 is 5.97 Å². The number of carbonyl (C=O) groups is 1. The molecule has 0 aliphatic rings. The Morgan fingerprint density at radius 3 is 2.12 bits per heavy atom. The highest BCUT2D eigenvalue weighted by Gasteiger charge is 2.21. The molecule has 1 rings (SSSR count). The molecular weight excluding hydrogens is 212 g/mol. The number of hydrogen-bond acceptors (Lipinski definition) is 5. The number of benzene rings is 1.